The van der Waals surface area contributed by atoms with Gasteiger partial charge < -0.3 is 4.90 Å². The Bertz CT molecular complexity index is 839. The van der Waals surface area contributed by atoms with Crippen molar-refractivity contribution in [2.75, 3.05) is 26.7 Å². The van der Waals surface area contributed by atoms with Crippen molar-refractivity contribution in [2.45, 2.75) is 36.1 Å². The van der Waals surface area contributed by atoms with Crippen LogP contribution >= 0.6 is 11.8 Å². The van der Waals surface area contributed by atoms with E-state index in [4.69, 9.17) is 0 Å². The molecule has 3 aliphatic heterocycles. The number of fused-ring (bicyclic) bond motifs is 3. The first-order valence-electron chi connectivity index (χ1n) is 10.3. The van der Waals surface area contributed by atoms with E-state index in [0.717, 1.165) is 43.9 Å². The van der Waals surface area contributed by atoms with E-state index in [1.54, 1.807) is 17.8 Å². The van der Waals surface area contributed by atoms with Crippen LogP contribution in [0.4, 0.5) is 0 Å². The minimum Gasteiger partial charge on any atom is -0.342 e. The van der Waals surface area contributed by atoms with Gasteiger partial charge in [0.05, 0.1) is 18.2 Å². The molecule has 3 aliphatic rings. The quantitative estimate of drug-likeness (QED) is 0.494. The minimum absolute atomic E-state index is 0.124. The normalized spacial score (nSPS) is 25.7. The largest absolute Gasteiger partial charge is 0.342 e. The van der Waals surface area contributed by atoms with Gasteiger partial charge in [-0.25, -0.2) is 0 Å². The van der Waals surface area contributed by atoms with Gasteiger partial charge in [-0.1, -0.05) is 29.5 Å². The van der Waals surface area contributed by atoms with Gasteiger partial charge in [-0.3, -0.25) is 14.4 Å². The summed E-state index contributed by atoms with van der Waals surface area (Å²) in [4.78, 5) is 18.3. The molecule has 5 rings (SSSR count). The number of thioether (sulfide) groups is 1. The van der Waals surface area contributed by atoms with Gasteiger partial charge in [0.2, 0.25) is 5.91 Å². The first-order chi connectivity index (χ1) is 14.1. The number of aromatic nitrogens is 3. The van der Waals surface area contributed by atoms with Crippen molar-refractivity contribution in [3.63, 3.8) is 0 Å². The molecule has 154 valence electrons. The zero-order valence-corrected chi connectivity index (χ0v) is 17.8. The highest BCUT2D eigenvalue weighted by Gasteiger charge is 2.43. The molecule has 2 unspecified atom stereocenters. The molecule has 0 spiro atoms. The van der Waals surface area contributed by atoms with Gasteiger partial charge >= 0.3 is 0 Å². The van der Waals surface area contributed by atoms with Crippen LogP contribution in [0.2, 0.25) is 0 Å². The zero-order chi connectivity index (χ0) is 20.2. The van der Waals surface area contributed by atoms with Gasteiger partial charge in [-0.2, -0.15) is 0 Å². The van der Waals surface area contributed by atoms with Crippen molar-refractivity contribution < 1.29 is 4.79 Å². The van der Waals surface area contributed by atoms with Crippen molar-refractivity contribution in [1.29, 1.82) is 0 Å². The minimum atomic E-state index is 0.124. The summed E-state index contributed by atoms with van der Waals surface area (Å²) in [5.74, 6) is 1.69. The molecule has 1 aromatic carbocycles. The summed E-state index contributed by atoms with van der Waals surface area (Å²) in [5.41, 5.74) is 1.01. The summed E-state index contributed by atoms with van der Waals surface area (Å²) >= 11 is 1.78. The third-order valence-corrected chi connectivity index (χ3v) is 7.13. The van der Waals surface area contributed by atoms with Gasteiger partial charge in [0, 0.05) is 43.0 Å². The average molecular weight is 412 g/mol. The molecule has 3 saturated heterocycles. The number of rotatable bonds is 8. The van der Waals surface area contributed by atoms with Crippen molar-refractivity contribution >= 4 is 17.7 Å². The van der Waals surface area contributed by atoms with Crippen LogP contribution in [-0.4, -0.2) is 63.4 Å². The number of likely N-dealkylation sites (N-methyl/N-ethyl adjacent to an activating group) is 1. The molecule has 7 heteroatoms. The summed E-state index contributed by atoms with van der Waals surface area (Å²) in [6, 6.07) is 10.8. The Labute approximate surface area is 176 Å². The predicted octanol–water partition coefficient (Wildman–Crippen LogP) is 2.93. The lowest BCUT2D eigenvalue weighted by Gasteiger charge is -2.49. The third-order valence-electron chi connectivity index (χ3n) is 6.09. The molecule has 2 bridgehead atoms. The Balaban J connectivity index is 1.32. The Hall–Kier alpha value is -2.12. The second-order valence-electron chi connectivity index (χ2n) is 8.08. The topological polar surface area (TPSA) is 54.3 Å². The van der Waals surface area contributed by atoms with E-state index in [-0.39, 0.29) is 11.8 Å². The van der Waals surface area contributed by atoms with Gasteiger partial charge in [-0.15, -0.1) is 23.4 Å². The van der Waals surface area contributed by atoms with Crippen LogP contribution in [-0.2, 0) is 17.1 Å². The molecule has 0 N–H and O–H groups in total. The molecule has 0 radical (unpaired) electrons. The number of benzene rings is 1. The molecule has 1 aromatic heterocycles. The monoisotopic (exact) mass is 411 g/mol. The van der Waals surface area contributed by atoms with E-state index in [9.17, 15) is 4.79 Å². The Morgan fingerprint density at radius 3 is 2.93 bits per heavy atom. The second-order valence-corrected chi connectivity index (χ2v) is 9.13. The maximum atomic E-state index is 12.8. The molecule has 29 heavy (non-hydrogen) atoms. The first-order valence-corrected chi connectivity index (χ1v) is 11.3. The number of nitrogens with zero attached hydrogens (tertiary/aromatic N) is 5. The number of piperidine rings is 3. The Kier molecular flexibility index (Phi) is 6.35. The van der Waals surface area contributed by atoms with Crippen LogP contribution in [0.3, 0.4) is 0 Å². The Morgan fingerprint density at radius 1 is 1.38 bits per heavy atom. The highest BCUT2D eigenvalue weighted by molar-refractivity contribution is 7.98. The number of hydrogen-bond donors (Lipinski definition) is 0. The summed E-state index contributed by atoms with van der Waals surface area (Å²) in [5, 5.41) is 8.70. The number of hydrogen-bond acceptors (Lipinski definition) is 5. The van der Waals surface area contributed by atoms with Crippen LogP contribution in [0.5, 0.6) is 0 Å². The van der Waals surface area contributed by atoms with E-state index in [1.807, 2.05) is 22.7 Å². The fourth-order valence-electron chi connectivity index (χ4n) is 4.56. The number of carbonyl (C=O) groups is 1. The van der Waals surface area contributed by atoms with E-state index < -0.39 is 0 Å². The summed E-state index contributed by atoms with van der Waals surface area (Å²) in [6.45, 7) is 7.16. The third kappa shape index (κ3) is 4.73. The van der Waals surface area contributed by atoms with Crippen LogP contribution in [0, 0.1) is 11.8 Å². The van der Waals surface area contributed by atoms with E-state index in [2.05, 4.69) is 52.3 Å². The highest BCUT2D eigenvalue weighted by atomic mass is 32.2. The lowest BCUT2D eigenvalue weighted by atomic mass is 9.75. The smallest absolute Gasteiger partial charge is 0.227 e. The lowest BCUT2D eigenvalue weighted by molar-refractivity contribution is -0.142. The lowest BCUT2D eigenvalue weighted by Crippen LogP contribution is -2.58. The SMILES string of the molecule is C=CCN(C)C(=O)[C@H]1CN2CCC1C[C@@H]2Cn1cc(CSc2ccccc2)nn1. The molecule has 3 fully saturated rings. The fourth-order valence-corrected chi connectivity index (χ4v) is 5.35. The van der Waals surface area contributed by atoms with Crippen LogP contribution in [0.1, 0.15) is 18.5 Å². The van der Waals surface area contributed by atoms with Crippen LogP contribution in [0.15, 0.2) is 54.1 Å². The summed E-state index contributed by atoms with van der Waals surface area (Å²) in [7, 11) is 1.88. The van der Waals surface area contributed by atoms with Crippen LogP contribution < -0.4 is 0 Å². The summed E-state index contributed by atoms with van der Waals surface area (Å²) < 4.78 is 1.98. The molecule has 1 amide bonds. The summed E-state index contributed by atoms with van der Waals surface area (Å²) in [6.07, 6.45) is 6.04. The van der Waals surface area contributed by atoms with E-state index in [0.29, 0.717) is 18.5 Å². The Morgan fingerprint density at radius 2 is 2.21 bits per heavy atom. The molecule has 4 atom stereocenters. The molecular weight excluding hydrogens is 382 g/mol. The second kappa shape index (κ2) is 9.13. The maximum Gasteiger partial charge on any atom is 0.227 e. The van der Waals surface area contributed by atoms with Gasteiger partial charge in [-0.05, 0) is 37.4 Å². The highest BCUT2D eigenvalue weighted by Crippen LogP contribution is 2.37. The van der Waals surface area contributed by atoms with Gasteiger partial charge in [0.25, 0.3) is 0 Å². The first kappa shape index (κ1) is 20.2. The zero-order valence-electron chi connectivity index (χ0n) is 17.0. The van der Waals surface area contributed by atoms with Gasteiger partial charge in [0.1, 0.15) is 0 Å². The van der Waals surface area contributed by atoms with Crippen LogP contribution in [0.25, 0.3) is 0 Å². The fraction of sp³-hybridized carbons (Fsp3) is 0.500. The average Bonchev–Trinajstić information content (AvgIpc) is 3.20. The van der Waals surface area contributed by atoms with Crippen molar-refractivity contribution in [2.24, 2.45) is 11.8 Å². The van der Waals surface area contributed by atoms with E-state index >= 15 is 0 Å². The van der Waals surface area contributed by atoms with Crippen molar-refractivity contribution in [3.8, 4) is 0 Å². The molecule has 0 saturated carbocycles. The molecule has 2 aromatic rings. The molecule has 4 heterocycles. The van der Waals surface area contributed by atoms with Crippen molar-refractivity contribution in [1.82, 2.24) is 24.8 Å². The standard InChI is InChI=1S/C22H29N5OS/c1-3-10-25(2)22(28)21-15-26-11-9-17(21)12-19(26)14-27-13-18(23-24-27)16-29-20-7-5-4-6-8-20/h3-8,13,17,19,21H,1,9-12,14-16H2,2H3/t17?,19-,21+/m1/s1. The molecule has 0 aliphatic carbocycles. The van der Waals surface area contributed by atoms with E-state index in [1.165, 1.54) is 4.90 Å². The number of carbonyl (C=O) groups excluding carboxylic acids is 1. The predicted molar refractivity (Wildman–Crippen MR) is 115 cm³/mol. The maximum absolute atomic E-state index is 12.8. The van der Waals surface area contributed by atoms with Gasteiger partial charge in [0.15, 0.2) is 0 Å². The molecule has 6 nitrogen and oxygen atoms in total. The molecular formula is C22H29N5OS. The number of amides is 1. The van der Waals surface area contributed by atoms with Crippen molar-refractivity contribution in [3.05, 3.63) is 54.9 Å².